The lowest BCUT2D eigenvalue weighted by Gasteiger charge is -2.35. The molecule has 2 N–H and O–H groups in total. The van der Waals surface area contributed by atoms with Crippen molar-refractivity contribution in [2.75, 3.05) is 10.6 Å². The van der Waals surface area contributed by atoms with Gasteiger partial charge in [0.05, 0.1) is 10.8 Å². The summed E-state index contributed by atoms with van der Waals surface area (Å²) in [6.07, 6.45) is 2.28. The predicted octanol–water partition coefficient (Wildman–Crippen LogP) is 5.47. The van der Waals surface area contributed by atoms with Crippen molar-refractivity contribution in [1.82, 2.24) is 0 Å². The van der Waals surface area contributed by atoms with Crippen LogP contribution in [-0.4, -0.2) is 35.0 Å². The van der Waals surface area contributed by atoms with Gasteiger partial charge in [0.15, 0.2) is 11.2 Å². The second kappa shape index (κ2) is 7.95. The quantitative estimate of drug-likeness (QED) is 0.483. The van der Waals surface area contributed by atoms with Gasteiger partial charge >= 0.3 is 11.9 Å². The molecule has 8 nitrogen and oxygen atoms in total. The molecule has 40 heavy (non-hydrogen) atoms. The maximum atomic E-state index is 13.3. The Labute approximate surface area is 234 Å². The summed E-state index contributed by atoms with van der Waals surface area (Å²) in [5, 5.41) is 5.91. The summed E-state index contributed by atoms with van der Waals surface area (Å²) < 4.78 is 11.4. The second-order valence-corrected chi connectivity index (χ2v) is 13.4. The molecule has 2 amide bonds. The molecule has 4 fully saturated rings. The predicted molar refractivity (Wildman–Crippen MR) is 149 cm³/mol. The highest BCUT2D eigenvalue weighted by atomic mass is 16.6. The summed E-state index contributed by atoms with van der Waals surface area (Å²) in [5.41, 5.74) is -1.75. The molecule has 2 heterocycles. The molecule has 4 bridgehead atoms. The van der Waals surface area contributed by atoms with Gasteiger partial charge < -0.3 is 20.1 Å². The SMILES string of the molecule is CC1(C)[C@@]2(C(=O)Nc3ccc(-c4ccc(NC(=O)[C@]56CC[C@](C)(C(=O)O5)C6(C)C)cc4)cc3)CC[C@]1(C)C(=O)O2. The van der Waals surface area contributed by atoms with Crippen LogP contribution < -0.4 is 10.6 Å². The maximum absolute atomic E-state index is 13.3. The Balaban J connectivity index is 1.13. The molecule has 8 heteroatoms. The molecule has 0 spiro atoms. The molecule has 2 aromatic rings. The summed E-state index contributed by atoms with van der Waals surface area (Å²) in [6, 6.07) is 14.9. The highest BCUT2D eigenvalue weighted by Crippen LogP contribution is 2.66. The summed E-state index contributed by atoms with van der Waals surface area (Å²) in [4.78, 5) is 51.7. The van der Waals surface area contributed by atoms with Crippen molar-refractivity contribution >= 4 is 35.1 Å². The van der Waals surface area contributed by atoms with Crippen molar-refractivity contribution in [2.24, 2.45) is 21.7 Å². The van der Waals surface area contributed by atoms with Crippen LogP contribution in [0.1, 0.15) is 67.2 Å². The number of hydrogen-bond donors (Lipinski definition) is 2. The summed E-state index contributed by atoms with van der Waals surface area (Å²) in [7, 11) is 0. The fourth-order valence-electron chi connectivity index (χ4n) is 7.45. The zero-order valence-corrected chi connectivity index (χ0v) is 23.9. The lowest BCUT2D eigenvalue weighted by Crippen LogP contribution is -2.50. The topological polar surface area (TPSA) is 111 Å². The van der Waals surface area contributed by atoms with Crippen LogP contribution in [0.15, 0.2) is 48.5 Å². The molecule has 4 aliphatic rings. The maximum Gasteiger partial charge on any atom is 0.313 e. The van der Waals surface area contributed by atoms with Crippen LogP contribution in [0, 0.1) is 21.7 Å². The lowest BCUT2D eigenvalue weighted by atomic mass is 9.66. The van der Waals surface area contributed by atoms with E-state index in [1.54, 1.807) is 0 Å². The van der Waals surface area contributed by atoms with Crippen molar-refractivity contribution in [3.8, 4) is 11.1 Å². The van der Waals surface area contributed by atoms with E-state index in [1.807, 2.05) is 90.1 Å². The van der Waals surface area contributed by atoms with Gasteiger partial charge in [0.1, 0.15) is 0 Å². The molecular weight excluding hydrogens is 508 g/mol. The molecule has 2 saturated heterocycles. The number of amides is 2. The number of rotatable bonds is 5. The number of fused-ring (bicyclic) bond motifs is 4. The van der Waals surface area contributed by atoms with Gasteiger partial charge in [-0.1, -0.05) is 52.0 Å². The highest BCUT2D eigenvalue weighted by molar-refractivity contribution is 6.04. The van der Waals surface area contributed by atoms with Gasteiger partial charge in [0.2, 0.25) is 0 Å². The molecule has 0 radical (unpaired) electrons. The van der Waals surface area contributed by atoms with Crippen LogP contribution in [0.4, 0.5) is 11.4 Å². The minimum Gasteiger partial charge on any atom is -0.448 e. The molecule has 2 aliphatic heterocycles. The number of carbonyl (C=O) groups excluding carboxylic acids is 4. The third-order valence-electron chi connectivity index (χ3n) is 11.5. The number of benzene rings is 2. The third kappa shape index (κ3) is 3.02. The zero-order chi connectivity index (χ0) is 28.9. The van der Waals surface area contributed by atoms with E-state index in [-0.39, 0.29) is 23.8 Å². The average Bonchev–Trinajstić information content (AvgIpc) is 3.38. The van der Waals surface area contributed by atoms with Crippen molar-refractivity contribution in [3.05, 3.63) is 48.5 Å². The molecule has 2 aliphatic carbocycles. The first-order chi connectivity index (χ1) is 18.6. The van der Waals surface area contributed by atoms with Gasteiger partial charge in [0, 0.05) is 22.2 Å². The molecular formula is C32H36N2O6. The largest absolute Gasteiger partial charge is 0.448 e. The van der Waals surface area contributed by atoms with Gasteiger partial charge in [-0.15, -0.1) is 0 Å². The monoisotopic (exact) mass is 544 g/mol. The Kier molecular flexibility index (Phi) is 5.28. The van der Waals surface area contributed by atoms with Crippen molar-refractivity contribution in [3.63, 3.8) is 0 Å². The lowest BCUT2D eigenvalue weighted by molar-refractivity contribution is -0.166. The van der Waals surface area contributed by atoms with E-state index in [9.17, 15) is 19.2 Å². The first-order valence-electron chi connectivity index (χ1n) is 13.9. The second-order valence-electron chi connectivity index (χ2n) is 13.4. The molecule has 0 unspecified atom stereocenters. The standard InChI is InChI=1S/C32H36N2O6/c1-27(2)29(5)15-17-31(27,39-25(29)37)23(35)33-21-11-7-19(8-12-21)20-9-13-22(14-10-20)34-24(36)32-18-16-30(6,26(38)40-32)28(32,3)4/h7-14H,15-18H2,1-6H3,(H,33,35)(H,34,36)/t29-,30-,31+,32+/m1/s1. The summed E-state index contributed by atoms with van der Waals surface area (Å²) in [5.74, 6) is -1.19. The molecule has 4 atom stereocenters. The van der Waals surface area contributed by atoms with Gasteiger partial charge in [-0.3, -0.25) is 19.2 Å². The van der Waals surface area contributed by atoms with Crippen LogP contribution >= 0.6 is 0 Å². The van der Waals surface area contributed by atoms with Crippen molar-refractivity contribution in [1.29, 1.82) is 0 Å². The van der Waals surface area contributed by atoms with E-state index in [0.717, 1.165) is 11.1 Å². The number of esters is 2. The first kappa shape index (κ1) is 26.5. The minimum absolute atomic E-state index is 0.293. The molecule has 0 aromatic heterocycles. The minimum atomic E-state index is -1.17. The van der Waals surface area contributed by atoms with Gasteiger partial charge in [-0.05, 0) is 74.9 Å². The number of anilines is 2. The van der Waals surface area contributed by atoms with Crippen molar-refractivity contribution in [2.45, 2.75) is 78.4 Å². The van der Waals surface area contributed by atoms with Gasteiger partial charge in [-0.2, -0.15) is 0 Å². The number of carbonyl (C=O) groups is 4. The van der Waals surface area contributed by atoms with E-state index < -0.39 is 32.9 Å². The highest BCUT2D eigenvalue weighted by Gasteiger charge is 2.76. The van der Waals surface area contributed by atoms with Crippen LogP contribution in [0.5, 0.6) is 0 Å². The van der Waals surface area contributed by atoms with Crippen molar-refractivity contribution < 1.29 is 28.7 Å². The van der Waals surface area contributed by atoms with Crippen LogP contribution in [0.25, 0.3) is 11.1 Å². The Bertz CT molecular complexity index is 1350. The average molecular weight is 545 g/mol. The Morgan fingerprint density at radius 3 is 1.15 bits per heavy atom. The zero-order valence-electron chi connectivity index (χ0n) is 23.9. The summed E-state index contributed by atoms with van der Waals surface area (Å²) in [6.45, 7) is 11.5. The Morgan fingerprint density at radius 1 is 0.575 bits per heavy atom. The summed E-state index contributed by atoms with van der Waals surface area (Å²) >= 11 is 0. The number of ether oxygens (including phenoxy) is 2. The number of nitrogens with one attached hydrogen (secondary N) is 2. The van der Waals surface area contributed by atoms with Gasteiger partial charge in [0.25, 0.3) is 11.8 Å². The molecule has 2 aromatic carbocycles. The smallest absolute Gasteiger partial charge is 0.313 e. The molecule has 210 valence electrons. The van der Waals surface area contributed by atoms with E-state index in [4.69, 9.17) is 9.47 Å². The van der Waals surface area contributed by atoms with E-state index in [2.05, 4.69) is 10.6 Å². The van der Waals surface area contributed by atoms with E-state index in [1.165, 1.54) is 0 Å². The normalized spacial score (nSPS) is 34.4. The van der Waals surface area contributed by atoms with Gasteiger partial charge in [-0.25, -0.2) is 0 Å². The third-order valence-corrected chi connectivity index (χ3v) is 11.5. The Morgan fingerprint density at radius 2 is 0.900 bits per heavy atom. The first-order valence-corrected chi connectivity index (χ1v) is 13.9. The molecule has 6 rings (SSSR count). The Hall–Kier alpha value is -3.68. The van der Waals surface area contributed by atoms with Crippen LogP contribution in [0.3, 0.4) is 0 Å². The fraction of sp³-hybridized carbons (Fsp3) is 0.500. The number of hydrogen-bond acceptors (Lipinski definition) is 6. The van der Waals surface area contributed by atoms with E-state index >= 15 is 0 Å². The fourth-order valence-corrected chi connectivity index (χ4v) is 7.45. The van der Waals surface area contributed by atoms with Crippen LogP contribution in [0.2, 0.25) is 0 Å². The van der Waals surface area contributed by atoms with E-state index in [0.29, 0.717) is 37.1 Å². The van der Waals surface area contributed by atoms with Crippen LogP contribution in [-0.2, 0) is 28.7 Å². The molecule has 2 saturated carbocycles.